The van der Waals surface area contributed by atoms with E-state index in [1.807, 2.05) is 0 Å². The molecule has 1 aliphatic heterocycles. The maximum absolute atomic E-state index is 13.4. The van der Waals surface area contributed by atoms with Gasteiger partial charge in [0.05, 0.1) is 17.1 Å². The number of halogens is 1. The van der Waals surface area contributed by atoms with Gasteiger partial charge in [-0.2, -0.15) is 0 Å². The second-order valence-corrected chi connectivity index (χ2v) is 4.52. The summed E-state index contributed by atoms with van der Waals surface area (Å²) >= 11 is 0. The largest absolute Gasteiger partial charge is 0.480 e. The van der Waals surface area contributed by atoms with Crippen molar-refractivity contribution in [3.05, 3.63) is 34.1 Å². The van der Waals surface area contributed by atoms with Gasteiger partial charge >= 0.3 is 5.97 Å². The lowest BCUT2D eigenvalue weighted by Crippen LogP contribution is -2.36. The van der Waals surface area contributed by atoms with Crippen molar-refractivity contribution >= 4 is 17.3 Å². The Morgan fingerprint density at radius 2 is 2.25 bits per heavy atom. The summed E-state index contributed by atoms with van der Waals surface area (Å²) in [6, 6.07) is 2.16. The van der Waals surface area contributed by atoms with E-state index in [0.717, 1.165) is 18.2 Å². The smallest absolute Gasteiger partial charge is 0.326 e. The summed E-state index contributed by atoms with van der Waals surface area (Å²) in [6.45, 7) is 0.244. The van der Waals surface area contributed by atoms with Gasteiger partial charge in [0.1, 0.15) is 11.9 Å². The molecule has 108 valence electrons. The number of ether oxygens (including phenoxy) is 1. The quantitative estimate of drug-likeness (QED) is 0.663. The summed E-state index contributed by atoms with van der Waals surface area (Å²) in [5, 5.41) is 19.9. The second-order valence-electron chi connectivity index (χ2n) is 4.52. The van der Waals surface area contributed by atoms with E-state index in [1.54, 1.807) is 0 Å². The fourth-order valence-corrected chi connectivity index (χ4v) is 2.32. The van der Waals surface area contributed by atoms with Crippen LogP contribution in [0.1, 0.15) is 6.42 Å². The van der Waals surface area contributed by atoms with Crippen LogP contribution in [0.4, 0.5) is 15.8 Å². The number of hydrogen-bond acceptors (Lipinski definition) is 5. The van der Waals surface area contributed by atoms with Gasteiger partial charge in [-0.05, 0) is 6.07 Å². The van der Waals surface area contributed by atoms with Crippen LogP contribution in [-0.2, 0) is 9.53 Å². The molecule has 0 aromatic heterocycles. The molecule has 0 amide bonds. The monoisotopic (exact) mass is 284 g/mol. The second kappa shape index (κ2) is 5.41. The molecule has 1 fully saturated rings. The van der Waals surface area contributed by atoms with Gasteiger partial charge in [0.25, 0.3) is 5.69 Å². The summed E-state index contributed by atoms with van der Waals surface area (Å²) in [7, 11) is 1.46. The normalized spacial score (nSPS) is 22.0. The topological polar surface area (TPSA) is 92.9 Å². The van der Waals surface area contributed by atoms with Crippen LogP contribution in [0.25, 0.3) is 0 Å². The third-order valence-corrected chi connectivity index (χ3v) is 3.29. The molecule has 20 heavy (non-hydrogen) atoms. The number of benzene rings is 1. The zero-order valence-corrected chi connectivity index (χ0v) is 10.7. The molecule has 1 heterocycles. The van der Waals surface area contributed by atoms with Crippen LogP contribution in [0.15, 0.2) is 18.2 Å². The van der Waals surface area contributed by atoms with Gasteiger partial charge in [-0.1, -0.05) is 0 Å². The van der Waals surface area contributed by atoms with E-state index in [-0.39, 0.29) is 24.8 Å². The number of carboxylic acids is 1. The van der Waals surface area contributed by atoms with Crippen molar-refractivity contribution in [2.24, 2.45) is 0 Å². The lowest BCUT2D eigenvalue weighted by Gasteiger charge is -2.23. The predicted molar refractivity (Wildman–Crippen MR) is 67.2 cm³/mol. The molecule has 1 aromatic rings. The van der Waals surface area contributed by atoms with Crippen LogP contribution in [0.2, 0.25) is 0 Å². The number of anilines is 1. The van der Waals surface area contributed by atoms with E-state index in [2.05, 4.69) is 0 Å². The average Bonchev–Trinajstić information content (AvgIpc) is 2.82. The maximum Gasteiger partial charge on any atom is 0.326 e. The van der Waals surface area contributed by atoms with Gasteiger partial charge in [0.2, 0.25) is 0 Å². The lowest BCUT2D eigenvalue weighted by atomic mass is 10.2. The summed E-state index contributed by atoms with van der Waals surface area (Å²) in [5.41, 5.74) is -0.242. The Balaban J connectivity index is 2.38. The summed E-state index contributed by atoms with van der Waals surface area (Å²) in [4.78, 5) is 22.7. The van der Waals surface area contributed by atoms with E-state index >= 15 is 0 Å². The highest BCUT2D eigenvalue weighted by Crippen LogP contribution is 2.30. The van der Waals surface area contributed by atoms with Crippen molar-refractivity contribution in [3.63, 3.8) is 0 Å². The minimum Gasteiger partial charge on any atom is -0.480 e. The molecule has 2 unspecified atom stereocenters. The Morgan fingerprint density at radius 3 is 2.80 bits per heavy atom. The van der Waals surface area contributed by atoms with Gasteiger partial charge in [-0.15, -0.1) is 0 Å². The zero-order valence-electron chi connectivity index (χ0n) is 10.7. The molecule has 2 atom stereocenters. The number of nitro benzene ring substituents is 1. The highest BCUT2D eigenvalue weighted by Gasteiger charge is 2.37. The number of methoxy groups -OCH3 is 1. The molecule has 2 rings (SSSR count). The zero-order chi connectivity index (χ0) is 14.9. The molecule has 0 spiro atoms. The fraction of sp³-hybridized carbons (Fsp3) is 0.417. The Hall–Kier alpha value is -2.22. The van der Waals surface area contributed by atoms with Gasteiger partial charge < -0.3 is 14.7 Å². The molecule has 1 saturated heterocycles. The molecule has 0 radical (unpaired) electrons. The lowest BCUT2D eigenvalue weighted by molar-refractivity contribution is -0.385. The Kier molecular flexibility index (Phi) is 3.84. The van der Waals surface area contributed by atoms with E-state index in [0.29, 0.717) is 0 Å². The van der Waals surface area contributed by atoms with Crippen molar-refractivity contribution in [3.8, 4) is 0 Å². The molecule has 7 nitrogen and oxygen atoms in total. The SMILES string of the molecule is COC1CC(C(=O)O)N(c2cc(F)cc([N+](=O)[O-])c2)C1. The van der Waals surface area contributed by atoms with Gasteiger partial charge in [-0.3, -0.25) is 10.1 Å². The van der Waals surface area contributed by atoms with Crippen molar-refractivity contribution in [2.75, 3.05) is 18.6 Å². The average molecular weight is 284 g/mol. The number of nitrogens with zero attached hydrogens (tertiary/aromatic N) is 2. The number of carboxylic acid groups (broad SMARTS) is 1. The van der Waals surface area contributed by atoms with Gasteiger partial charge in [0.15, 0.2) is 0 Å². The van der Waals surface area contributed by atoms with Crippen LogP contribution >= 0.6 is 0 Å². The molecule has 0 aliphatic carbocycles. The highest BCUT2D eigenvalue weighted by atomic mass is 19.1. The van der Waals surface area contributed by atoms with Crippen LogP contribution in [0.5, 0.6) is 0 Å². The van der Waals surface area contributed by atoms with Crippen molar-refractivity contribution in [1.29, 1.82) is 0 Å². The first-order chi connectivity index (χ1) is 9.42. The first-order valence-corrected chi connectivity index (χ1v) is 5.89. The molecule has 8 heteroatoms. The summed E-state index contributed by atoms with van der Waals surface area (Å²) in [6.07, 6.45) is -0.0608. The molecule has 1 N–H and O–H groups in total. The van der Waals surface area contributed by atoms with Crippen molar-refractivity contribution in [1.82, 2.24) is 0 Å². The van der Waals surface area contributed by atoms with Gasteiger partial charge in [0, 0.05) is 31.8 Å². The maximum atomic E-state index is 13.4. The third-order valence-electron chi connectivity index (χ3n) is 3.29. The number of aliphatic carboxylic acids is 1. The molecule has 1 aromatic carbocycles. The first kappa shape index (κ1) is 14.2. The molecular formula is C12H13FN2O5. The minimum absolute atomic E-state index is 0.170. The number of hydrogen-bond donors (Lipinski definition) is 1. The Labute approximate surface area is 113 Å². The minimum atomic E-state index is -1.07. The van der Waals surface area contributed by atoms with Crippen LogP contribution < -0.4 is 4.90 Å². The first-order valence-electron chi connectivity index (χ1n) is 5.89. The van der Waals surface area contributed by atoms with E-state index < -0.39 is 28.4 Å². The van der Waals surface area contributed by atoms with Gasteiger partial charge in [-0.25, -0.2) is 9.18 Å². The summed E-state index contributed by atoms with van der Waals surface area (Å²) in [5.74, 6) is -1.85. The third kappa shape index (κ3) is 2.69. The highest BCUT2D eigenvalue weighted by molar-refractivity contribution is 5.79. The van der Waals surface area contributed by atoms with Crippen molar-refractivity contribution in [2.45, 2.75) is 18.6 Å². The number of non-ortho nitro benzene ring substituents is 1. The fourth-order valence-electron chi connectivity index (χ4n) is 2.32. The predicted octanol–water partition coefficient (Wildman–Crippen LogP) is 1.41. The Morgan fingerprint density at radius 1 is 1.55 bits per heavy atom. The number of nitro groups is 1. The molecular weight excluding hydrogens is 271 g/mol. The number of carbonyl (C=O) groups is 1. The molecule has 0 bridgehead atoms. The van der Waals surface area contributed by atoms with Crippen LogP contribution in [0.3, 0.4) is 0 Å². The van der Waals surface area contributed by atoms with E-state index in [9.17, 15) is 24.4 Å². The molecule has 1 aliphatic rings. The summed E-state index contributed by atoms with van der Waals surface area (Å²) < 4.78 is 18.6. The van der Waals surface area contributed by atoms with Crippen LogP contribution in [0, 0.1) is 15.9 Å². The Bertz CT molecular complexity index is 551. The molecule has 0 saturated carbocycles. The number of rotatable bonds is 4. The van der Waals surface area contributed by atoms with Crippen molar-refractivity contribution < 1.29 is 24.0 Å². The van der Waals surface area contributed by atoms with E-state index in [4.69, 9.17) is 4.74 Å². The van der Waals surface area contributed by atoms with Crippen LogP contribution in [-0.4, -0.2) is 41.8 Å². The standard InChI is InChI=1S/C12H13FN2O5/c1-20-10-5-11(12(16)17)14(6-10)8-2-7(13)3-9(4-8)15(18)19/h2-4,10-11H,5-6H2,1H3,(H,16,17). The van der Waals surface area contributed by atoms with E-state index in [1.165, 1.54) is 12.0 Å².